The van der Waals surface area contributed by atoms with Gasteiger partial charge in [-0.3, -0.25) is 9.59 Å². The number of hydrogen-bond acceptors (Lipinski definition) is 5. The van der Waals surface area contributed by atoms with Gasteiger partial charge in [0.05, 0.1) is 13.2 Å². The van der Waals surface area contributed by atoms with Crippen LogP contribution in [0.2, 0.25) is 0 Å². The lowest BCUT2D eigenvalue weighted by atomic mass is 9.72. The lowest BCUT2D eigenvalue weighted by Gasteiger charge is -2.47. The van der Waals surface area contributed by atoms with Crippen LogP contribution in [0.4, 0.5) is 0 Å². The van der Waals surface area contributed by atoms with Crippen molar-refractivity contribution in [2.45, 2.75) is 44.6 Å². The number of piperidine rings is 2. The maximum atomic E-state index is 12.6. The molecule has 1 atom stereocenters. The molecule has 148 valence electrons. The zero-order chi connectivity index (χ0) is 18.9. The smallest absolute Gasteiger partial charge is 0.289 e. The van der Waals surface area contributed by atoms with Gasteiger partial charge in [0.2, 0.25) is 5.91 Å². The maximum Gasteiger partial charge on any atom is 0.289 e. The lowest BCUT2D eigenvalue weighted by molar-refractivity contribution is -0.141. The van der Waals surface area contributed by atoms with Crippen molar-refractivity contribution < 1.29 is 23.5 Å². The number of furan rings is 1. The predicted molar refractivity (Wildman–Crippen MR) is 97.6 cm³/mol. The van der Waals surface area contributed by atoms with Crippen molar-refractivity contribution in [3.8, 4) is 5.95 Å². The van der Waals surface area contributed by atoms with Crippen molar-refractivity contribution in [3.63, 3.8) is 0 Å². The third kappa shape index (κ3) is 3.83. The molecule has 3 aliphatic rings. The fraction of sp³-hybridized carbons (Fsp3) is 0.700. The first-order valence-corrected chi connectivity index (χ1v) is 9.91. The highest BCUT2D eigenvalue weighted by molar-refractivity contribution is 5.91. The normalized spacial score (nSPS) is 25.2. The van der Waals surface area contributed by atoms with Crippen LogP contribution >= 0.6 is 0 Å². The second-order valence-electron chi connectivity index (χ2n) is 8.02. The maximum absolute atomic E-state index is 12.6. The summed E-state index contributed by atoms with van der Waals surface area (Å²) in [7, 11) is 1.52. The Morgan fingerprint density at radius 2 is 2.11 bits per heavy atom. The lowest BCUT2D eigenvalue weighted by Crippen LogP contribution is -2.53. The molecule has 27 heavy (non-hydrogen) atoms. The minimum atomic E-state index is -0.0868. The van der Waals surface area contributed by atoms with E-state index in [4.69, 9.17) is 13.9 Å². The quantitative estimate of drug-likeness (QED) is 0.806. The third-order valence-corrected chi connectivity index (χ3v) is 6.30. The van der Waals surface area contributed by atoms with Crippen molar-refractivity contribution >= 4 is 11.8 Å². The number of hydrogen-bond donors (Lipinski definition) is 0. The van der Waals surface area contributed by atoms with E-state index in [-0.39, 0.29) is 23.3 Å². The van der Waals surface area contributed by atoms with E-state index < -0.39 is 0 Å². The molecule has 0 N–H and O–H groups in total. The largest absolute Gasteiger partial charge is 0.468 e. The number of amides is 2. The Morgan fingerprint density at radius 1 is 1.30 bits per heavy atom. The molecule has 0 saturated carbocycles. The van der Waals surface area contributed by atoms with Gasteiger partial charge >= 0.3 is 0 Å². The molecule has 4 heterocycles. The molecule has 3 saturated heterocycles. The van der Waals surface area contributed by atoms with Crippen LogP contribution in [0.1, 0.15) is 49.1 Å². The van der Waals surface area contributed by atoms with Gasteiger partial charge in [-0.1, -0.05) is 0 Å². The van der Waals surface area contributed by atoms with Crippen LogP contribution in [0, 0.1) is 5.41 Å². The summed E-state index contributed by atoms with van der Waals surface area (Å²) in [6, 6.07) is 3.32. The van der Waals surface area contributed by atoms with Gasteiger partial charge in [0.15, 0.2) is 5.76 Å². The van der Waals surface area contributed by atoms with E-state index in [0.717, 1.165) is 51.8 Å². The van der Waals surface area contributed by atoms with Crippen molar-refractivity contribution in [1.82, 2.24) is 9.80 Å². The standard InChI is InChI=1S/C20H28N2O5/c1-25-18-5-4-16(27-18)19(24)21-10-8-20(9-11-21)7-6-17(23)22(14-20)13-15-3-2-12-26-15/h4-5,15H,2-3,6-14H2,1H3/t15-/m1/s1. The van der Waals surface area contributed by atoms with Crippen LogP contribution in [-0.2, 0) is 9.53 Å². The molecule has 1 aromatic heterocycles. The Labute approximate surface area is 159 Å². The summed E-state index contributed by atoms with van der Waals surface area (Å²) < 4.78 is 16.1. The Bertz CT molecular complexity index is 686. The highest BCUT2D eigenvalue weighted by atomic mass is 16.6. The first-order chi connectivity index (χ1) is 13.1. The van der Waals surface area contributed by atoms with E-state index in [9.17, 15) is 9.59 Å². The number of carbonyl (C=O) groups excluding carboxylic acids is 2. The van der Waals surface area contributed by atoms with Gasteiger partial charge in [0.1, 0.15) is 0 Å². The summed E-state index contributed by atoms with van der Waals surface area (Å²) in [6.07, 6.45) is 5.70. The SMILES string of the molecule is COc1ccc(C(=O)N2CCC3(CCC(=O)N(C[C@H]4CCCO4)C3)CC2)o1. The van der Waals surface area contributed by atoms with E-state index in [1.54, 1.807) is 12.1 Å². The molecule has 1 spiro atoms. The Balaban J connectivity index is 1.35. The van der Waals surface area contributed by atoms with Gasteiger partial charge in [-0.2, -0.15) is 0 Å². The molecule has 0 radical (unpaired) electrons. The first-order valence-electron chi connectivity index (χ1n) is 9.91. The summed E-state index contributed by atoms with van der Waals surface area (Å²) in [4.78, 5) is 28.9. The van der Waals surface area contributed by atoms with Crippen LogP contribution in [0.3, 0.4) is 0 Å². The van der Waals surface area contributed by atoms with Crippen LogP contribution in [-0.4, -0.2) is 67.6 Å². The summed E-state index contributed by atoms with van der Waals surface area (Å²) in [5.41, 5.74) is 0.129. The van der Waals surface area contributed by atoms with Crippen molar-refractivity contribution in [2.24, 2.45) is 5.41 Å². The summed E-state index contributed by atoms with van der Waals surface area (Å²) in [5.74, 6) is 0.831. The molecule has 3 aliphatic heterocycles. The predicted octanol–water partition coefficient (Wildman–Crippen LogP) is 2.31. The molecular formula is C20H28N2O5. The van der Waals surface area contributed by atoms with Crippen molar-refractivity contribution in [1.29, 1.82) is 0 Å². The molecular weight excluding hydrogens is 348 g/mol. The van der Waals surface area contributed by atoms with Gasteiger partial charge in [-0.05, 0) is 43.6 Å². The summed E-state index contributed by atoms with van der Waals surface area (Å²) in [5, 5.41) is 0. The molecule has 1 aromatic rings. The Morgan fingerprint density at radius 3 is 2.78 bits per heavy atom. The zero-order valence-corrected chi connectivity index (χ0v) is 15.9. The summed E-state index contributed by atoms with van der Waals surface area (Å²) in [6.45, 7) is 3.72. The zero-order valence-electron chi connectivity index (χ0n) is 15.9. The van der Waals surface area contributed by atoms with Crippen molar-refractivity contribution in [2.75, 3.05) is 39.9 Å². The topological polar surface area (TPSA) is 72.2 Å². The molecule has 0 aromatic carbocycles. The molecule has 4 rings (SSSR count). The van der Waals surface area contributed by atoms with E-state index in [2.05, 4.69) is 0 Å². The monoisotopic (exact) mass is 376 g/mol. The van der Waals surface area contributed by atoms with Gasteiger partial charge in [-0.25, -0.2) is 0 Å². The molecule has 0 aliphatic carbocycles. The van der Waals surface area contributed by atoms with Gasteiger partial charge in [0, 0.05) is 45.3 Å². The number of likely N-dealkylation sites (tertiary alicyclic amines) is 2. The molecule has 0 unspecified atom stereocenters. The Hall–Kier alpha value is -2.02. The minimum absolute atomic E-state index is 0.0868. The molecule has 3 fully saturated rings. The number of ether oxygens (including phenoxy) is 2. The van der Waals surface area contributed by atoms with E-state index in [1.807, 2.05) is 9.80 Å². The number of nitrogens with zero attached hydrogens (tertiary/aromatic N) is 2. The van der Waals surface area contributed by atoms with Crippen LogP contribution < -0.4 is 4.74 Å². The fourth-order valence-corrected chi connectivity index (χ4v) is 4.60. The molecule has 7 nitrogen and oxygen atoms in total. The van der Waals surface area contributed by atoms with E-state index in [0.29, 0.717) is 31.2 Å². The van der Waals surface area contributed by atoms with Gasteiger partial charge in [-0.15, -0.1) is 0 Å². The average molecular weight is 376 g/mol. The van der Waals surface area contributed by atoms with E-state index in [1.165, 1.54) is 7.11 Å². The summed E-state index contributed by atoms with van der Waals surface area (Å²) >= 11 is 0. The Kier molecular flexibility index (Phi) is 5.12. The van der Waals surface area contributed by atoms with Gasteiger partial charge < -0.3 is 23.7 Å². The average Bonchev–Trinajstić information content (AvgIpc) is 3.37. The minimum Gasteiger partial charge on any atom is -0.468 e. The van der Waals surface area contributed by atoms with E-state index >= 15 is 0 Å². The number of rotatable bonds is 4. The fourth-order valence-electron chi connectivity index (χ4n) is 4.60. The number of methoxy groups -OCH3 is 1. The second kappa shape index (κ2) is 7.54. The van der Waals surface area contributed by atoms with Gasteiger partial charge in [0.25, 0.3) is 11.9 Å². The highest BCUT2D eigenvalue weighted by Gasteiger charge is 2.42. The van der Waals surface area contributed by atoms with Crippen LogP contribution in [0.25, 0.3) is 0 Å². The highest BCUT2D eigenvalue weighted by Crippen LogP contribution is 2.40. The third-order valence-electron chi connectivity index (χ3n) is 6.30. The molecule has 7 heteroatoms. The van der Waals surface area contributed by atoms with Crippen LogP contribution in [0.15, 0.2) is 16.5 Å². The first kappa shape index (κ1) is 18.3. The van der Waals surface area contributed by atoms with Crippen LogP contribution in [0.5, 0.6) is 5.95 Å². The number of carbonyl (C=O) groups is 2. The second-order valence-corrected chi connectivity index (χ2v) is 8.02. The molecule has 2 amide bonds. The van der Waals surface area contributed by atoms with Crippen molar-refractivity contribution in [3.05, 3.63) is 17.9 Å². The molecule has 0 bridgehead atoms.